The number of nitrogens with zero attached hydrogens (tertiary/aromatic N) is 3. The molecule has 0 amide bonds. The van der Waals surface area contributed by atoms with Crippen molar-refractivity contribution >= 4 is 33.0 Å². The van der Waals surface area contributed by atoms with E-state index in [9.17, 15) is 4.79 Å². The number of aryl methyl sites for hydroxylation is 1. The van der Waals surface area contributed by atoms with Gasteiger partial charge in [-0.05, 0) is 48.9 Å². The number of aromatic nitrogens is 2. The molecule has 1 heterocycles. The standard InChI is InChI=1S/C20H16BrN3O3/c1-4-9-27-18-8-5-14(10-19(18)26-3)12-22-24-13(2)23-17-7-6-15(21)11-16(17)20(24)25/h1,5-8,10-12H,9H2,2-3H3. The van der Waals surface area contributed by atoms with Crippen LogP contribution in [0.3, 0.4) is 0 Å². The van der Waals surface area contributed by atoms with E-state index in [1.165, 1.54) is 4.68 Å². The van der Waals surface area contributed by atoms with Crippen molar-refractivity contribution in [3.05, 3.63) is 62.6 Å². The minimum absolute atomic E-state index is 0.150. The Balaban J connectivity index is 1.99. The van der Waals surface area contributed by atoms with Crippen LogP contribution in [0.4, 0.5) is 0 Å². The van der Waals surface area contributed by atoms with E-state index in [-0.39, 0.29) is 12.2 Å². The molecule has 0 aliphatic heterocycles. The summed E-state index contributed by atoms with van der Waals surface area (Å²) in [4.78, 5) is 17.2. The van der Waals surface area contributed by atoms with Gasteiger partial charge in [0.05, 0.1) is 24.2 Å². The zero-order chi connectivity index (χ0) is 19.4. The summed E-state index contributed by atoms with van der Waals surface area (Å²) in [6.45, 7) is 1.88. The van der Waals surface area contributed by atoms with Gasteiger partial charge in [-0.1, -0.05) is 21.9 Å². The highest BCUT2D eigenvalue weighted by Crippen LogP contribution is 2.27. The molecule has 0 bridgehead atoms. The summed E-state index contributed by atoms with van der Waals surface area (Å²) >= 11 is 3.37. The van der Waals surface area contributed by atoms with Gasteiger partial charge in [-0.2, -0.15) is 9.78 Å². The largest absolute Gasteiger partial charge is 0.493 e. The SMILES string of the molecule is C#CCOc1ccc(C=Nn2c(C)nc3ccc(Br)cc3c2=O)cc1OC. The van der Waals surface area contributed by atoms with Crippen LogP contribution in [0.25, 0.3) is 10.9 Å². The Labute approximate surface area is 164 Å². The second kappa shape index (κ2) is 8.06. The normalized spacial score (nSPS) is 10.9. The second-order valence-corrected chi connectivity index (χ2v) is 6.50. The number of terminal acetylenes is 1. The van der Waals surface area contributed by atoms with Crippen molar-refractivity contribution in [2.75, 3.05) is 13.7 Å². The molecule has 6 nitrogen and oxygen atoms in total. The van der Waals surface area contributed by atoms with E-state index in [1.807, 2.05) is 6.07 Å². The van der Waals surface area contributed by atoms with Crippen LogP contribution in [0.2, 0.25) is 0 Å². The van der Waals surface area contributed by atoms with E-state index < -0.39 is 0 Å². The van der Waals surface area contributed by atoms with Crippen LogP contribution in [0, 0.1) is 19.3 Å². The van der Waals surface area contributed by atoms with Gasteiger partial charge in [0.2, 0.25) is 0 Å². The number of ether oxygens (including phenoxy) is 2. The van der Waals surface area contributed by atoms with Gasteiger partial charge >= 0.3 is 0 Å². The van der Waals surface area contributed by atoms with E-state index in [0.29, 0.717) is 28.2 Å². The molecule has 3 rings (SSSR count). The van der Waals surface area contributed by atoms with Gasteiger partial charge in [-0.3, -0.25) is 4.79 Å². The third-order valence-corrected chi connectivity index (χ3v) is 4.28. The maximum absolute atomic E-state index is 12.7. The fourth-order valence-electron chi connectivity index (χ4n) is 2.52. The van der Waals surface area contributed by atoms with Gasteiger partial charge in [0.25, 0.3) is 5.56 Å². The highest BCUT2D eigenvalue weighted by molar-refractivity contribution is 9.10. The van der Waals surface area contributed by atoms with Crippen molar-refractivity contribution in [1.29, 1.82) is 0 Å². The number of fused-ring (bicyclic) bond motifs is 1. The van der Waals surface area contributed by atoms with Crippen LogP contribution >= 0.6 is 15.9 Å². The summed E-state index contributed by atoms with van der Waals surface area (Å²) in [5.41, 5.74) is 1.13. The summed E-state index contributed by atoms with van der Waals surface area (Å²) in [6, 6.07) is 10.7. The highest BCUT2D eigenvalue weighted by Gasteiger charge is 2.08. The first-order valence-corrected chi connectivity index (χ1v) is 8.80. The molecule has 0 saturated carbocycles. The molecule has 0 atom stereocenters. The summed E-state index contributed by atoms with van der Waals surface area (Å²) < 4.78 is 12.8. The molecule has 0 saturated heterocycles. The van der Waals surface area contributed by atoms with Crippen LogP contribution in [0.5, 0.6) is 11.5 Å². The number of halogens is 1. The van der Waals surface area contributed by atoms with Crippen molar-refractivity contribution in [1.82, 2.24) is 9.66 Å². The fourth-order valence-corrected chi connectivity index (χ4v) is 2.88. The molecule has 1 aromatic heterocycles. The van der Waals surface area contributed by atoms with Crippen molar-refractivity contribution in [2.24, 2.45) is 5.10 Å². The first-order chi connectivity index (χ1) is 13.0. The molecule has 0 aliphatic rings. The Morgan fingerprint density at radius 1 is 1.30 bits per heavy atom. The average Bonchev–Trinajstić information content (AvgIpc) is 2.67. The zero-order valence-corrected chi connectivity index (χ0v) is 16.4. The molecule has 0 unspecified atom stereocenters. The lowest BCUT2D eigenvalue weighted by molar-refractivity contribution is 0.331. The van der Waals surface area contributed by atoms with Crippen LogP contribution in [-0.2, 0) is 0 Å². The Kier molecular flexibility index (Phi) is 5.57. The number of rotatable bonds is 5. The van der Waals surface area contributed by atoms with Gasteiger partial charge in [-0.15, -0.1) is 6.42 Å². The lowest BCUT2D eigenvalue weighted by Crippen LogP contribution is -2.20. The molecule has 0 radical (unpaired) electrons. The summed E-state index contributed by atoms with van der Waals surface area (Å²) in [5, 5.41) is 4.78. The van der Waals surface area contributed by atoms with E-state index in [2.05, 4.69) is 31.9 Å². The Hall–Kier alpha value is -3.11. The van der Waals surface area contributed by atoms with Crippen LogP contribution < -0.4 is 15.0 Å². The van der Waals surface area contributed by atoms with Crippen LogP contribution in [-0.4, -0.2) is 29.6 Å². The molecule has 2 aromatic carbocycles. The summed E-state index contributed by atoms with van der Waals surface area (Å²) in [6.07, 6.45) is 6.77. The predicted molar refractivity (Wildman–Crippen MR) is 109 cm³/mol. The molecule has 0 aliphatic carbocycles. The third kappa shape index (κ3) is 4.01. The first-order valence-electron chi connectivity index (χ1n) is 8.01. The minimum atomic E-state index is -0.240. The lowest BCUT2D eigenvalue weighted by atomic mass is 10.2. The number of hydrogen-bond donors (Lipinski definition) is 0. The van der Waals surface area contributed by atoms with Gasteiger partial charge in [0.15, 0.2) is 11.5 Å². The molecule has 0 spiro atoms. The molecule has 136 valence electrons. The van der Waals surface area contributed by atoms with E-state index in [1.54, 1.807) is 50.6 Å². The topological polar surface area (TPSA) is 65.7 Å². The number of benzene rings is 2. The minimum Gasteiger partial charge on any atom is -0.493 e. The first kappa shape index (κ1) is 18.7. The van der Waals surface area contributed by atoms with Crippen LogP contribution in [0.15, 0.2) is 50.8 Å². The van der Waals surface area contributed by atoms with Crippen molar-refractivity contribution < 1.29 is 9.47 Å². The molecule has 0 N–H and O–H groups in total. The average molecular weight is 426 g/mol. The van der Waals surface area contributed by atoms with Gasteiger partial charge < -0.3 is 9.47 Å². The fraction of sp³-hybridized carbons (Fsp3) is 0.150. The number of hydrogen-bond acceptors (Lipinski definition) is 5. The van der Waals surface area contributed by atoms with Gasteiger partial charge in [-0.25, -0.2) is 4.98 Å². The quantitative estimate of drug-likeness (QED) is 0.464. The molecule has 27 heavy (non-hydrogen) atoms. The van der Waals surface area contributed by atoms with E-state index >= 15 is 0 Å². The van der Waals surface area contributed by atoms with Crippen molar-refractivity contribution in [3.8, 4) is 23.8 Å². The second-order valence-electron chi connectivity index (χ2n) is 5.59. The van der Waals surface area contributed by atoms with Gasteiger partial charge in [0, 0.05) is 4.47 Å². The maximum Gasteiger partial charge on any atom is 0.282 e. The van der Waals surface area contributed by atoms with Crippen molar-refractivity contribution in [2.45, 2.75) is 6.92 Å². The summed E-state index contributed by atoms with van der Waals surface area (Å²) in [5.74, 6) is 3.97. The molecule has 7 heteroatoms. The molecular weight excluding hydrogens is 410 g/mol. The van der Waals surface area contributed by atoms with Gasteiger partial charge in [0.1, 0.15) is 12.4 Å². The van der Waals surface area contributed by atoms with Crippen molar-refractivity contribution in [3.63, 3.8) is 0 Å². The summed E-state index contributed by atoms with van der Waals surface area (Å²) in [7, 11) is 1.54. The molecule has 0 fully saturated rings. The Morgan fingerprint density at radius 3 is 2.85 bits per heavy atom. The molecular formula is C20H16BrN3O3. The maximum atomic E-state index is 12.7. The van der Waals surface area contributed by atoms with Crippen LogP contribution in [0.1, 0.15) is 11.4 Å². The molecule has 3 aromatic rings. The lowest BCUT2D eigenvalue weighted by Gasteiger charge is -2.09. The Morgan fingerprint density at radius 2 is 2.11 bits per heavy atom. The third-order valence-electron chi connectivity index (χ3n) is 3.79. The predicted octanol–water partition coefficient (Wildman–Crippen LogP) is 3.37. The monoisotopic (exact) mass is 425 g/mol. The smallest absolute Gasteiger partial charge is 0.282 e. The number of methoxy groups -OCH3 is 1. The zero-order valence-electron chi connectivity index (χ0n) is 14.8. The van der Waals surface area contributed by atoms with E-state index in [0.717, 1.165) is 10.0 Å². The Bertz CT molecular complexity index is 1130. The van der Waals surface area contributed by atoms with E-state index in [4.69, 9.17) is 15.9 Å². The highest BCUT2D eigenvalue weighted by atomic mass is 79.9.